The Morgan fingerprint density at radius 1 is 1.30 bits per heavy atom. The highest BCUT2D eigenvalue weighted by Gasteiger charge is 2.52. The Hall–Kier alpha value is -1.34. The van der Waals surface area contributed by atoms with Crippen molar-refractivity contribution in [1.82, 2.24) is 4.90 Å². The molecule has 0 aromatic heterocycles. The summed E-state index contributed by atoms with van der Waals surface area (Å²) in [6.45, 7) is 6.36. The summed E-state index contributed by atoms with van der Waals surface area (Å²) in [5, 5.41) is 9.88. The maximum Gasteiger partial charge on any atom is 0.410 e. The molecule has 0 spiro atoms. The summed E-state index contributed by atoms with van der Waals surface area (Å²) in [7, 11) is 0. The summed E-state index contributed by atoms with van der Waals surface area (Å²) in [5.41, 5.74) is 4.31. The summed E-state index contributed by atoms with van der Waals surface area (Å²) in [5.74, 6) is -0.881. The molecule has 1 aliphatic heterocycles. The smallest absolute Gasteiger partial charge is 0.410 e. The van der Waals surface area contributed by atoms with Crippen LogP contribution in [0, 0.1) is 5.41 Å². The molecule has 1 aliphatic carbocycles. The van der Waals surface area contributed by atoms with Gasteiger partial charge in [-0.2, -0.15) is 0 Å². The van der Waals surface area contributed by atoms with Crippen LogP contribution < -0.4 is 5.73 Å². The Morgan fingerprint density at radius 3 is 2.43 bits per heavy atom. The number of aliphatic carboxylic acids is 1. The second-order valence-electron chi connectivity index (χ2n) is 7.56. The fourth-order valence-electron chi connectivity index (χ4n) is 3.45. The minimum atomic E-state index is -1.01. The summed E-state index contributed by atoms with van der Waals surface area (Å²) < 4.78 is 11.0. The fraction of sp³-hybridized carbons (Fsp3) is 0.875. The highest BCUT2D eigenvalue weighted by Crippen LogP contribution is 2.42. The maximum atomic E-state index is 12.5. The van der Waals surface area contributed by atoms with Crippen molar-refractivity contribution in [1.29, 1.82) is 0 Å². The van der Waals surface area contributed by atoms with Crippen molar-refractivity contribution in [3.63, 3.8) is 0 Å². The molecule has 23 heavy (non-hydrogen) atoms. The van der Waals surface area contributed by atoms with Crippen LogP contribution in [-0.4, -0.2) is 59.5 Å². The first-order valence-electron chi connectivity index (χ1n) is 8.22. The number of morpholine rings is 1. The van der Waals surface area contributed by atoms with Gasteiger partial charge in [-0.25, -0.2) is 4.79 Å². The lowest BCUT2D eigenvalue weighted by atomic mass is 9.67. The molecule has 1 atom stereocenters. The quantitative estimate of drug-likeness (QED) is 0.798. The minimum Gasteiger partial charge on any atom is -0.481 e. The van der Waals surface area contributed by atoms with Crippen molar-refractivity contribution in [3.05, 3.63) is 0 Å². The van der Waals surface area contributed by atoms with Gasteiger partial charge in [0.05, 0.1) is 24.7 Å². The molecule has 7 nitrogen and oxygen atoms in total. The van der Waals surface area contributed by atoms with E-state index in [2.05, 4.69) is 0 Å². The highest BCUT2D eigenvalue weighted by atomic mass is 16.6. The third-order valence-corrected chi connectivity index (χ3v) is 4.74. The summed E-state index contributed by atoms with van der Waals surface area (Å²) in [6.07, 6.45) is 1.73. The summed E-state index contributed by atoms with van der Waals surface area (Å²) in [6, 6.07) is -0.488. The second-order valence-corrected chi connectivity index (χ2v) is 7.56. The van der Waals surface area contributed by atoms with Crippen LogP contribution >= 0.6 is 0 Å². The van der Waals surface area contributed by atoms with Crippen molar-refractivity contribution in [2.24, 2.45) is 11.1 Å². The third kappa shape index (κ3) is 3.95. The molecule has 1 unspecified atom stereocenters. The van der Waals surface area contributed by atoms with Gasteiger partial charge in [0.2, 0.25) is 0 Å². The zero-order valence-electron chi connectivity index (χ0n) is 14.2. The molecule has 1 saturated heterocycles. The first kappa shape index (κ1) is 18.0. The van der Waals surface area contributed by atoms with Crippen LogP contribution in [0.1, 0.15) is 46.5 Å². The van der Waals surface area contributed by atoms with Gasteiger partial charge >= 0.3 is 12.1 Å². The van der Waals surface area contributed by atoms with Crippen LogP contribution in [0.4, 0.5) is 4.79 Å². The Labute approximate surface area is 137 Å². The van der Waals surface area contributed by atoms with Crippen molar-refractivity contribution in [2.45, 2.75) is 64.1 Å². The zero-order chi connectivity index (χ0) is 17.3. The molecule has 0 radical (unpaired) electrons. The van der Waals surface area contributed by atoms with Crippen molar-refractivity contribution in [3.8, 4) is 0 Å². The molecule has 132 valence electrons. The Balaban J connectivity index is 2.24. The van der Waals surface area contributed by atoms with Gasteiger partial charge in [0.15, 0.2) is 0 Å². The van der Waals surface area contributed by atoms with Gasteiger partial charge in [0.25, 0.3) is 0 Å². The van der Waals surface area contributed by atoms with Crippen molar-refractivity contribution >= 4 is 12.1 Å². The molecule has 1 heterocycles. The van der Waals surface area contributed by atoms with Crippen LogP contribution in [0.25, 0.3) is 0 Å². The predicted octanol–water partition coefficient (Wildman–Crippen LogP) is 1.59. The number of carboxylic acids is 1. The first-order chi connectivity index (χ1) is 10.7. The van der Waals surface area contributed by atoms with E-state index in [-0.39, 0.29) is 12.6 Å². The highest BCUT2D eigenvalue weighted by molar-refractivity contribution is 5.78. The van der Waals surface area contributed by atoms with Crippen LogP contribution in [0.3, 0.4) is 0 Å². The van der Waals surface area contributed by atoms with E-state index in [1.165, 1.54) is 0 Å². The molecule has 1 amide bonds. The number of carboxylic acid groups (broad SMARTS) is 1. The van der Waals surface area contributed by atoms with Crippen LogP contribution in [0.5, 0.6) is 0 Å². The number of ether oxygens (including phenoxy) is 2. The van der Waals surface area contributed by atoms with Crippen molar-refractivity contribution < 1.29 is 24.2 Å². The number of rotatable bonds is 2. The topological polar surface area (TPSA) is 102 Å². The predicted molar refractivity (Wildman–Crippen MR) is 84.1 cm³/mol. The standard InChI is InChI=1S/C16H28N2O5/c1-15(2,3)23-14(21)18-8-9-22-10-12(18)16(13(19)20)6-4-11(17)5-7-16/h11-12H,4-10,17H2,1-3H3,(H,19,20). The van der Waals surface area contributed by atoms with Gasteiger partial charge < -0.3 is 20.3 Å². The molecular weight excluding hydrogens is 300 g/mol. The molecule has 0 bridgehead atoms. The van der Waals surface area contributed by atoms with Gasteiger partial charge in [-0.05, 0) is 46.5 Å². The van der Waals surface area contributed by atoms with Gasteiger partial charge in [-0.1, -0.05) is 0 Å². The Morgan fingerprint density at radius 2 is 1.91 bits per heavy atom. The lowest BCUT2D eigenvalue weighted by Gasteiger charge is -2.48. The molecule has 0 aromatic carbocycles. The van der Waals surface area contributed by atoms with E-state index in [1.54, 1.807) is 25.7 Å². The molecule has 2 aliphatic rings. The lowest BCUT2D eigenvalue weighted by Crippen LogP contribution is -2.61. The van der Waals surface area contributed by atoms with Gasteiger partial charge in [0.1, 0.15) is 5.60 Å². The van der Waals surface area contributed by atoms with Crippen LogP contribution in [-0.2, 0) is 14.3 Å². The third-order valence-electron chi connectivity index (χ3n) is 4.74. The van der Waals surface area contributed by atoms with Crippen molar-refractivity contribution in [2.75, 3.05) is 19.8 Å². The van der Waals surface area contributed by atoms with E-state index in [4.69, 9.17) is 15.2 Å². The molecule has 2 fully saturated rings. The van der Waals surface area contributed by atoms with E-state index in [1.807, 2.05) is 0 Å². The first-order valence-corrected chi connectivity index (χ1v) is 8.22. The molecular formula is C16H28N2O5. The minimum absolute atomic E-state index is 0.0296. The monoisotopic (exact) mass is 328 g/mol. The number of carbonyl (C=O) groups excluding carboxylic acids is 1. The summed E-state index contributed by atoms with van der Waals surface area (Å²) in [4.78, 5) is 26.1. The number of carbonyl (C=O) groups is 2. The van der Waals surface area contributed by atoms with E-state index < -0.39 is 29.1 Å². The lowest BCUT2D eigenvalue weighted by molar-refractivity contribution is -0.162. The molecule has 2 rings (SSSR count). The molecule has 3 N–H and O–H groups in total. The number of hydrogen-bond donors (Lipinski definition) is 2. The van der Waals surface area contributed by atoms with Gasteiger partial charge in [-0.15, -0.1) is 0 Å². The SMILES string of the molecule is CC(C)(C)OC(=O)N1CCOCC1C1(C(=O)O)CCC(N)CC1. The number of nitrogens with two attached hydrogens (primary N) is 1. The largest absolute Gasteiger partial charge is 0.481 e. The Bertz CT molecular complexity index is 452. The number of hydrogen-bond acceptors (Lipinski definition) is 5. The van der Waals surface area contributed by atoms with E-state index in [0.717, 1.165) is 0 Å². The second kappa shape index (κ2) is 6.65. The van der Waals surface area contributed by atoms with E-state index in [0.29, 0.717) is 38.8 Å². The average Bonchev–Trinajstić information content (AvgIpc) is 2.46. The normalized spacial score (nSPS) is 32.4. The number of amides is 1. The molecule has 1 saturated carbocycles. The van der Waals surface area contributed by atoms with Crippen LogP contribution in [0.15, 0.2) is 0 Å². The zero-order valence-corrected chi connectivity index (χ0v) is 14.2. The molecule has 7 heteroatoms. The fourth-order valence-corrected chi connectivity index (χ4v) is 3.45. The summed E-state index contributed by atoms with van der Waals surface area (Å²) >= 11 is 0. The van der Waals surface area contributed by atoms with E-state index >= 15 is 0 Å². The van der Waals surface area contributed by atoms with Gasteiger partial charge in [-0.3, -0.25) is 9.69 Å². The van der Waals surface area contributed by atoms with Crippen LogP contribution in [0.2, 0.25) is 0 Å². The average molecular weight is 328 g/mol. The Kier molecular flexibility index (Phi) is 5.20. The van der Waals surface area contributed by atoms with E-state index in [9.17, 15) is 14.7 Å². The van der Waals surface area contributed by atoms with Gasteiger partial charge in [0, 0.05) is 12.6 Å². The number of nitrogens with zero attached hydrogens (tertiary/aromatic N) is 1. The maximum absolute atomic E-state index is 12.5. The molecule has 0 aromatic rings.